The van der Waals surface area contributed by atoms with E-state index in [1.807, 2.05) is 37.3 Å². The number of hydrogen-bond acceptors (Lipinski definition) is 4. The highest BCUT2D eigenvalue weighted by molar-refractivity contribution is 6.07. The van der Waals surface area contributed by atoms with Crippen molar-refractivity contribution in [3.8, 4) is 5.75 Å². The lowest BCUT2D eigenvalue weighted by molar-refractivity contribution is -0.120. The lowest BCUT2D eigenvalue weighted by Gasteiger charge is -2.10. The van der Waals surface area contributed by atoms with Crippen LogP contribution in [-0.2, 0) is 9.53 Å². The second-order valence-electron chi connectivity index (χ2n) is 4.83. The highest BCUT2D eigenvalue weighted by atomic mass is 16.5. The summed E-state index contributed by atoms with van der Waals surface area (Å²) >= 11 is 0. The summed E-state index contributed by atoms with van der Waals surface area (Å²) in [6.07, 6.45) is 0. The molecule has 0 radical (unpaired) electrons. The Morgan fingerprint density at radius 1 is 1.18 bits per heavy atom. The number of furan rings is 1. The first-order valence-corrected chi connectivity index (χ1v) is 7.09. The Morgan fingerprint density at radius 3 is 2.77 bits per heavy atom. The first-order chi connectivity index (χ1) is 10.7. The number of carbonyl (C=O) groups excluding carboxylic acids is 1. The molecule has 0 fully saturated rings. The van der Waals surface area contributed by atoms with Gasteiger partial charge >= 0.3 is 0 Å². The van der Waals surface area contributed by atoms with E-state index in [2.05, 4.69) is 5.32 Å². The lowest BCUT2D eigenvalue weighted by atomic mass is 10.1. The van der Waals surface area contributed by atoms with Crippen LogP contribution in [0, 0.1) is 0 Å². The monoisotopic (exact) mass is 299 g/mol. The van der Waals surface area contributed by atoms with E-state index in [9.17, 15) is 4.79 Å². The molecule has 0 aliphatic carbocycles. The van der Waals surface area contributed by atoms with E-state index < -0.39 is 0 Å². The van der Waals surface area contributed by atoms with Gasteiger partial charge in [-0.15, -0.1) is 0 Å². The Bertz CT molecular complexity index is 822. The molecule has 0 spiro atoms. The quantitative estimate of drug-likeness (QED) is 0.782. The van der Waals surface area contributed by atoms with Crippen LogP contribution in [0.3, 0.4) is 0 Å². The van der Waals surface area contributed by atoms with Gasteiger partial charge in [-0.1, -0.05) is 18.2 Å². The fourth-order valence-corrected chi connectivity index (χ4v) is 2.40. The van der Waals surface area contributed by atoms with Gasteiger partial charge < -0.3 is 19.2 Å². The third-order valence-electron chi connectivity index (χ3n) is 3.41. The average Bonchev–Trinajstić information content (AvgIpc) is 2.89. The molecule has 22 heavy (non-hydrogen) atoms. The second kappa shape index (κ2) is 6.07. The summed E-state index contributed by atoms with van der Waals surface area (Å²) in [6.45, 7) is 2.35. The topological polar surface area (TPSA) is 60.7 Å². The number of para-hydroxylation sites is 1. The fraction of sp³-hybridized carbons (Fsp3) is 0.235. The number of carbonyl (C=O) groups is 1. The lowest BCUT2D eigenvalue weighted by Crippen LogP contribution is -2.18. The molecule has 5 nitrogen and oxygen atoms in total. The van der Waals surface area contributed by atoms with Crippen LogP contribution < -0.4 is 10.1 Å². The fourth-order valence-electron chi connectivity index (χ4n) is 2.40. The van der Waals surface area contributed by atoms with E-state index in [4.69, 9.17) is 13.9 Å². The zero-order valence-corrected chi connectivity index (χ0v) is 12.5. The number of ether oxygens (including phenoxy) is 2. The zero-order valence-electron chi connectivity index (χ0n) is 12.5. The molecule has 1 N–H and O–H groups in total. The van der Waals surface area contributed by atoms with Crippen molar-refractivity contribution in [2.45, 2.75) is 6.92 Å². The third kappa shape index (κ3) is 2.63. The molecule has 1 amide bonds. The van der Waals surface area contributed by atoms with Crippen LogP contribution in [0.5, 0.6) is 5.75 Å². The number of amides is 1. The van der Waals surface area contributed by atoms with Crippen molar-refractivity contribution in [1.82, 2.24) is 0 Å². The molecule has 5 heteroatoms. The minimum Gasteiger partial charge on any atom is -0.495 e. The van der Waals surface area contributed by atoms with Crippen molar-refractivity contribution in [3.63, 3.8) is 0 Å². The highest BCUT2D eigenvalue weighted by Gasteiger charge is 2.13. The van der Waals surface area contributed by atoms with Crippen LogP contribution in [0.1, 0.15) is 6.92 Å². The van der Waals surface area contributed by atoms with E-state index in [1.165, 1.54) is 0 Å². The van der Waals surface area contributed by atoms with Crippen molar-refractivity contribution in [2.75, 3.05) is 25.6 Å². The molecule has 0 atom stereocenters. The molecular formula is C17H17NO4. The summed E-state index contributed by atoms with van der Waals surface area (Å²) in [5.74, 6) is 0.361. The number of hydrogen-bond donors (Lipinski definition) is 1. The van der Waals surface area contributed by atoms with Crippen LogP contribution in [-0.4, -0.2) is 26.2 Å². The van der Waals surface area contributed by atoms with Crippen LogP contribution >= 0.6 is 0 Å². The summed E-state index contributed by atoms with van der Waals surface area (Å²) in [5.41, 5.74) is 2.07. The number of fused-ring (bicyclic) bond motifs is 3. The maximum Gasteiger partial charge on any atom is 0.250 e. The summed E-state index contributed by atoms with van der Waals surface area (Å²) in [5, 5.41) is 4.75. The maximum atomic E-state index is 11.8. The summed E-state index contributed by atoms with van der Waals surface area (Å²) < 4.78 is 16.3. The summed E-state index contributed by atoms with van der Waals surface area (Å²) in [4.78, 5) is 11.8. The normalized spacial score (nSPS) is 11.0. The van der Waals surface area contributed by atoms with Gasteiger partial charge in [-0.2, -0.15) is 0 Å². The van der Waals surface area contributed by atoms with Gasteiger partial charge in [0.25, 0.3) is 0 Å². The Morgan fingerprint density at radius 2 is 2.00 bits per heavy atom. The second-order valence-corrected chi connectivity index (χ2v) is 4.83. The van der Waals surface area contributed by atoms with E-state index in [1.54, 1.807) is 13.2 Å². The number of rotatable bonds is 5. The van der Waals surface area contributed by atoms with E-state index in [-0.39, 0.29) is 12.5 Å². The number of benzene rings is 2. The molecule has 0 saturated carbocycles. The minimum absolute atomic E-state index is 0.0117. The van der Waals surface area contributed by atoms with E-state index in [0.29, 0.717) is 23.6 Å². The van der Waals surface area contributed by atoms with Crippen LogP contribution in [0.4, 0.5) is 5.69 Å². The molecule has 3 rings (SSSR count). The van der Waals surface area contributed by atoms with Gasteiger partial charge in [0.2, 0.25) is 5.91 Å². The van der Waals surface area contributed by atoms with Crippen LogP contribution in [0.2, 0.25) is 0 Å². The Hall–Kier alpha value is -2.53. The number of anilines is 1. The molecule has 0 saturated heterocycles. The molecule has 1 aromatic heterocycles. The first kappa shape index (κ1) is 14.4. The Labute approximate surface area is 127 Å². The molecule has 3 aromatic rings. The van der Waals surface area contributed by atoms with Gasteiger partial charge in [-0.3, -0.25) is 4.79 Å². The largest absolute Gasteiger partial charge is 0.495 e. The minimum atomic E-state index is -0.226. The molecule has 114 valence electrons. The van der Waals surface area contributed by atoms with Crippen molar-refractivity contribution >= 4 is 33.5 Å². The van der Waals surface area contributed by atoms with Gasteiger partial charge in [0, 0.05) is 23.4 Å². The molecule has 0 unspecified atom stereocenters. The summed E-state index contributed by atoms with van der Waals surface area (Å²) in [6, 6.07) is 11.4. The van der Waals surface area contributed by atoms with Gasteiger partial charge in [0.1, 0.15) is 23.5 Å². The number of methoxy groups -OCH3 is 1. The molecular weight excluding hydrogens is 282 g/mol. The predicted octanol–water partition coefficient (Wildman–Crippen LogP) is 3.57. The molecule has 0 aliphatic rings. The zero-order chi connectivity index (χ0) is 15.5. The number of nitrogens with one attached hydrogen (secondary N) is 1. The van der Waals surface area contributed by atoms with Crippen molar-refractivity contribution in [3.05, 3.63) is 36.4 Å². The maximum absolute atomic E-state index is 11.8. The third-order valence-corrected chi connectivity index (χ3v) is 3.41. The summed E-state index contributed by atoms with van der Waals surface area (Å²) in [7, 11) is 1.57. The van der Waals surface area contributed by atoms with Crippen molar-refractivity contribution < 1.29 is 18.7 Å². The standard InChI is InChI=1S/C17H17NO4/c1-3-21-10-17(19)18-13-9-15-12(8-16(13)20-2)11-6-4-5-7-14(11)22-15/h4-9H,3,10H2,1-2H3,(H,18,19). The highest BCUT2D eigenvalue weighted by Crippen LogP contribution is 2.36. The van der Waals surface area contributed by atoms with E-state index in [0.717, 1.165) is 16.4 Å². The predicted molar refractivity (Wildman–Crippen MR) is 85.4 cm³/mol. The molecule has 0 aliphatic heterocycles. The van der Waals surface area contributed by atoms with Gasteiger partial charge in [-0.25, -0.2) is 0 Å². The van der Waals surface area contributed by atoms with Gasteiger partial charge in [-0.05, 0) is 19.1 Å². The van der Waals surface area contributed by atoms with Crippen LogP contribution in [0.25, 0.3) is 21.9 Å². The molecule has 1 heterocycles. The van der Waals surface area contributed by atoms with Crippen molar-refractivity contribution in [2.24, 2.45) is 0 Å². The van der Waals surface area contributed by atoms with Gasteiger partial charge in [0.05, 0.1) is 12.8 Å². The van der Waals surface area contributed by atoms with Gasteiger partial charge in [0.15, 0.2) is 0 Å². The molecule has 2 aromatic carbocycles. The first-order valence-electron chi connectivity index (χ1n) is 7.09. The average molecular weight is 299 g/mol. The SMILES string of the molecule is CCOCC(=O)Nc1cc2oc3ccccc3c2cc1OC. The van der Waals surface area contributed by atoms with Crippen molar-refractivity contribution in [1.29, 1.82) is 0 Å². The Kier molecular flexibility index (Phi) is 3.98. The Balaban J connectivity index is 2.02. The van der Waals surface area contributed by atoms with E-state index >= 15 is 0 Å². The smallest absolute Gasteiger partial charge is 0.250 e. The van der Waals surface area contributed by atoms with Crippen LogP contribution in [0.15, 0.2) is 40.8 Å². The molecule has 0 bridgehead atoms.